The second kappa shape index (κ2) is 5.59. The Morgan fingerprint density at radius 1 is 0.833 bits per heavy atom. The van der Waals surface area contributed by atoms with Gasteiger partial charge in [0, 0.05) is 16.3 Å². The molecule has 0 spiro atoms. The molecule has 2 heteroatoms. The third-order valence-corrected chi connectivity index (χ3v) is 4.23. The zero-order valence-corrected chi connectivity index (χ0v) is 12.0. The summed E-state index contributed by atoms with van der Waals surface area (Å²) >= 11 is 1.80. The van der Waals surface area contributed by atoms with E-state index in [1.807, 2.05) is 0 Å². The van der Waals surface area contributed by atoms with Gasteiger partial charge in [0.05, 0.1) is 0 Å². The first-order valence-corrected chi connectivity index (χ1v) is 6.96. The smallest absolute Gasteiger partial charge is 0.0180 e. The van der Waals surface area contributed by atoms with E-state index < -0.39 is 0 Å². The van der Waals surface area contributed by atoms with Gasteiger partial charge in [-0.15, -0.1) is 0 Å². The summed E-state index contributed by atoms with van der Waals surface area (Å²) in [5, 5.41) is 0. The van der Waals surface area contributed by atoms with Gasteiger partial charge in [0.15, 0.2) is 0 Å². The van der Waals surface area contributed by atoms with Crippen LogP contribution in [0.1, 0.15) is 22.3 Å². The summed E-state index contributed by atoms with van der Waals surface area (Å²) in [6.45, 7) is 7.03. The van der Waals surface area contributed by atoms with Crippen LogP contribution in [0.15, 0.2) is 46.2 Å². The van der Waals surface area contributed by atoms with Crippen LogP contribution in [-0.2, 0) is 6.54 Å². The van der Waals surface area contributed by atoms with Gasteiger partial charge in [0.2, 0.25) is 0 Å². The standard InChI is InChI=1S/C16H19NS/c1-11-4-6-15(8-12(11)2)18-16-7-5-14(10-17)13(3)9-16/h4-9H,10,17H2,1-3H3. The quantitative estimate of drug-likeness (QED) is 0.891. The summed E-state index contributed by atoms with van der Waals surface area (Å²) in [6, 6.07) is 13.1. The van der Waals surface area contributed by atoms with Gasteiger partial charge in [-0.25, -0.2) is 0 Å². The topological polar surface area (TPSA) is 26.0 Å². The summed E-state index contributed by atoms with van der Waals surface area (Å²) in [6.07, 6.45) is 0. The Bertz CT molecular complexity index is 561. The number of benzene rings is 2. The molecule has 0 fully saturated rings. The zero-order chi connectivity index (χ0) is 13.1. The first-order chi connectivity index (χ1) is 8.60. The highest BCUT2D eigenvalue weighted by Gasteiger charge is 2.02. The molecule has 0 radical (unpaired) electrons. The van der Waals surface area contributed by atoms with Crippen molar-refractivity contribution in [3.8, 4) is 0 Å². The highest BCUT2D eigenvalue weighted by molar-refractivity contribution is 7.99. The highest BCUT2D eigenvalue weighted by atomic mass is 32.2. The largest absolute Gasteiger partial charge is 0.326 e. The SMILES string of the molecule is Cc1ccc(Sc2ccc(CN)c(C)c2)cc1C. The Hall–Kier alpha value is -1.25. The van der Waals surface area contributed by atoms with Crippen molar-refractivity contribution in [3.63, 3.8) is 0 Å². The lowest BCUT2D eigenvalue weighted by atomic mass is 10.1. The lowest BCUT2D eigenvalue weighted by molar-refractivity contribution is 1.04. The Balaban J connectivity index is 2.23. The summed E-state index contributed by atoms with van der Waals surface area (Å²) < 4.78 is 0. The van der Waals surface area contributed by atoms with E-state index in [0.717, 1.165) is 0 Å². The van der Waals surface area contributed by atoms with Gasteiger partial charge in [-0.1, -0.05) is 23.9 Å². The van der Waals surface area contributed by atoms with Crippen molar-refractivity contribution in [2.45, 2.75) is 37.1 Å². The minimum atomic E-state index is 0.612. The first kappa shape index (κ1) is 13.2. The van der Waals surface area contributed by atoms with Crippen molar-refractivity contribution >= 4 is 11.8 Å². The van der Waals surface area contributed by atoms with Crippen LogP contribution in [-0.4, -0.2) is 0 Å². The van der Waals surface area contributed by atoms with E-state index in [1.54, 1.807) is 11.8 Å². The number of aryl methyl sites for hydroxylation is 3. The van der Waals surface area contributed by atoms with Gasteiger partial charge in [-0.05, 0) is 67.3 Å². The Morgan fingerprint density at radius 3 is 2.00 bits per heavy atom. The van der Waals surface area contributed by atoms with Crippen molar-refractivity contribution in [1.29, 1.82) is 0 Å². The number of nitrogens with two attached hydrogens (primary N) is 1. The second-order valence-corrected chi connectivity index (χ2v) is 5.79. The second-order valence-electron chi connectivity index (χ2n) is 4.64. The molecule has 0 saturated carbocycles. The van der Waals surface area contributed by atoms with E-state index in [-0.39, 0.29) is 0 Å². The monoisotopic (exact) mass is 257 g/mol. The normalized spacial score (nSPS) is 10.7. The van der Waals surface area contributed by atoms with E-state index in [9.17, 15) is 0 Å². The molecule has 2 rings (SSSR count). The van der Waals surface area contributed by atoms with Crippen LogP contribution in [0.5, 0.6) is 0 Å². The molecule has 2 aromatic carbocycles. The maximum Gasteiger partial charge on any atom is 0.0180 e. The molecule has 2 N–H and O–H groups in total. The van der Waals surface area contributed by atoms with Crippen molar-refractivity contribution in [3.05, 3.63) is 58.7 Å². The Morgan fingerprint density at radius 2 is 1.44 bits per heavy atom. The number of rotatable bonds is 3. The molecule has 0 unspecified atom stereocenters. The van der Waals surface area contributed by atoms with Gasteiger partial charge in [-0.3, -0.25) is 0 Å². The number of hydrogen-bond donors (Lipinski definition) is 1. The lowest BCUT2D eigenvalue weighted by Gasteiger charge is -2.08. The molecule has 0 bridgehead atoms. The fourth-order valence-electron chi connectivity index (χ4n) is 1.87. The van der Waals surface area contributed by atoms with Gasteiger partial charge in [0.25, 0.3) is 0 Å². The van der Waals surface area contributed by atoms with Crippen molar-refractivity contribution in [1.82, 2.24) is 0 Å². The third kappa shape index (κ3) is 2.95. The average molecular weight is 257 g/mol. The van der Waals surface area contributed by atoms with Crippen LogP contribution in [0.3, 0.4) is 0 Å². The fraction of sp³-hybridized carbons (Fsp3) is 0.250. The molecule has 0 aliphatic carbocycles. The average Bonchev–Trinajstić information content (AvgIpc) is 2.34. The van der Waals surface area contributed by atoms with Crippen molar-refractivity contribution in [2.75, 3.05) is 0 Å². The Kier molecular flexibility index (Phi) is 4.10. The minimum absolute atomic E-state index is 0.612. The third-order valence-electron chi connectivity index (χ3n) is 3.25. The van der Waals surface area contributed by atoms with Crippen LogP contribution < -0.4 is 5.73 Å². The summed E-state index contributed by atoms with van der Waals surface area (Å²) in [4.78, 5) is 2.56. The number of hydrogen-bond acceptors (Lipinski definition) is 2. The molecular formula is C16H19NS. The minimum Gasteiger partial charge on any atom is -0.326 e. The van der Waals surface area contributed by atoms with Crippen LogP contribution in [0, 0.1) is 20.8 Å². The van der Waals surface area contributed by atoms with Crippen molar-refractivity contribution in [2.24, 2.45) is 5.73 Å². The summed E-state index contributed by atoms with van der Waals surface area (Å²) in [7, 11) is 0. The molecule has 0 heterocycles. The molecule has 0 aliphatic rings. The van der Waals surface area contributed by atoms with Gasteiger partial charge >= 0.3 is 0 Å². The first-order valence-electron chi connectivity index (χ1n) is 6.15. The maximum atomic E-state index is 5.68. The van der Waals surface area contributed by atoms with Crippen LogP contribution >= 0.6 is 11.8 Å². The van der Waals surface area contributed by atoms with Crippen molar-refractivity contribution < 1.29 is 0 Å². The lowest BCUT2D eigenvalue weighted by Crippen LogP contribution is -1.98. The summed E-state index contributed by atoms with van der Waals surface area (Å²) in [5.74, 6) is 0. The Labute approximate surface area is 113 Å². The van der Waals surface area contributed by atoms with E-state index in [2.05, 4.69) is 57.2 Å². The van der Waals surface area contributed by atoms with E-state index in [0.29, 0.717) is 6.54 Å². The molecule has 0 amide bonds. The van der Waals surface area contributed by atoms with Gasteiger partial charge < -0.3 is 5.73 Å². The van der Waals surface area contributed by atoms with E-state index >= 15 is 0 Å². The van der Waals surface area contributed by atoms with E-state index in [1.165, 1.54) is 32.0 Å². The molecule has 94 valence electrons. The predicted octanol–water partition coefficient (Wildman–Crippen LogP) is 4.22. The van der Waals surface area contributed by atoms with E-state index in [4.69, 9.17) is 5.73 Å². The molecule has 0 aromatic heterocycles. The zero-order valence-electron chi connectivity index (χ0n) is 11.2. The molecular weight excluding hydrogens is 238 g/mol. The van der Waals surface area contributed by atoms with Crippen LogP contribution in [0.4, 0.5) is 0 Å². The molecule has 0 aliphatic heterocycles. The molecule has 0 saturated heterocycles. The molecule has 18 heavy (non-hydrogen) atoms. The molecule has 2 aromatic rings. The summed E-state index contributed by atoms with van der Waals surface area (Å²) in [5.41, 5.74) is 10.9. The predicted molar refractivity (Wildman–Crippen MR) is 79.1 cm³/mol. The highest BCUT2D eigenvalue weighted by Crippen LogP contribution is 2.30. The van der Waals surface area contributed by atoms with Gasteiger partial charge in [0.1, 0.15) is 0 Å². The molecule has 0 atom stereocenters. The van der Waals surface area contributed by atoms with Gasteiger partial charge in [-0.2, -0.15) is 0 Å². The maximum absolute atomic E-state index is 5.68. The van der Waals surface area contributed by atoms with Crippen LogP contribution in [0.25, 0.3) is 0 Å². The molecule has 1 nitrogen and oxygen atoms in total. The fourth-order valence-corrected chi connectivity index (χ4v) is 2.89. The van der Waals surface area contributed by atoms with Crippen LogP contribution in [0.2, 0.25) is 0 Å².